The molecule has 0 fully saturated rings. The first-order valence-electron chi connectivity index (χ1n) is 6.78. The van der Waals surface area contributed by atoms with Gasteiger partial charge in [0.25, 0.3) is 0 Å². The Morgan fingerprint density at radius 2 is 1.87 bits per heavy atom. The third-order valence-electron chi connectivity index (χ3n) is 3.42. The normalized spacial score (nSPS) is 11.1. The molecule has 3 aromatic rings. The zero-order chi connectivity index (χ0) is 16.6. The Morgan fingerprint density at radius 1 is 1.13 bits per heavy atom. The minimum Gasteiger partial charge on any atom is -0.481 e. The number of imidazole rings is 1. The number of carboxylic acids is 1. The summed E-state index contributed by atoms with van der Waals surface area (Å²) in [5, 5.41) is 8.86. The molecule has 1 N–H and O–H groups in total. The van der Waals surface area contributed by atoms with Crippen molar-refractivity contribution in [3.05, 3.63) is 53.8 Å². The van der Waals surface area contributed by atoms with E-state index in [1.165, 1.54) is 22.8 Å². The minimum atomic E-state index is -1.06. The smallest absolute Gasteiger partial charge is 0.305 e. The Labute approximate surface area is 128 Å². The van der Waals surface area contributed by atoms with Crippen LogP contribution in [0.2, 0.25) is 0 Å². The molecular formula is C16H11F3N2O2. The van der Waals surface area contributed by atoms with Gasteiger partial charge in [0.05, 0.1) is 17.5 Å². The van der Waals surface area contributed by atoms with Crippen LogP contribution in [-0.2, 0) is 11.3 Å². The first-order valence-corrected chi connectivity index (χ1v) is 6.78. The molecule has 0 unspecified atom stereocenters. The molecule has 0 radical (unpaired) electrons. The van der Waals surface area contributed by atoms with Crippen molar-refractivity contribution in [2.45, 2.75) is 13.0 Å². The second-order valence-electron chi connectivity index (χ2n) is 5.00. The summed E-state index contributed by atoms with van der Waals surface area (Å²) in [7, 11) is 0. The summed E-state index contributed by atoms with van der Waals surface area (Å²) in [5.41, 5.74) is 0.824. The highest BCUT2D eigenvalue weighted by Crippen LogP contribution is 2.27. The van der Waals surface area contributed by atoms with Crippen molar-refractivity contribution < 1.29 is 23.1 Å². The van der Waals surface area contributed by atoms with Crippen LogP contribution in [0.4, 0.5) is 13.2 Å². The van der Waals surface area contributed by atoms with Gasteiger partial charge in [0.2, 0.25) is 0 Å². The van der Waals surface area contributed by atoms with Crippen LogP contribution in [0.15, 0.2) is 36.4 Å². The molecule has 0 amide bonds. The van der Waals surface area contributed by atoms with E-state index in [0.717, 1.165) is 12.1 Å². The highest BCUT2D eigenvalue weighted by Gasteiger charge is 2.16. The molecule has 23 heavy (non-hydrogen) atoms. The standard InChI is InChI=1S/C16H11F3N2O2/c17-10-3-1-2-9(6-10)16-20-13-7-11(18)12(19)8-14(13)21(16)5-4-15(22)23/h1-3,6-8H,4-5H2,(H,22,23). The van der Waals surface area contributed by atoms with Gasteiger partial charge in [0, 0.05) is 24.2 Å². The molecule has 3 rings (SSSR count). The molecule has 0 aliphatic rings. The number of hydrogen-bond donors (Lipinski definition) is 1. The summed E-state index contributed by atoms with van der Waals surface area (Å²) >= 11 is 0. The molecule has 7 heteroatoms. The Balaban J connectivity index is 2.22. The highest BCUT2D eigenvalue weighted by molar-refractivity contribution is 5.81. The van der Waals surface area contributed by atoms with Crippen molar-refractivity contribution in [3.8, 4) is 11.4 Å². The van der Waals surface area contributed by atoms with Gasteiger partial charge in [0.15, 0.2) is 11.6 Å². The number of rotatable bonds is 4. The molecule has 0 atom stereocenters. The quantitative estimate of drug-likeness (QED) is 0.799. The number of halogens is 3. The van der Waals surface area contributed by atoms with Crippen molar-refractivity contribution >= 4 is 17.0 Å². The Hall–Kier alpha value is -2.83. The van der Waals surface area contributed by atoms with Crippen molar-refractivity contribution in [1.82, 2.24) is 9.55 Å². The van der Waals surface area contributed by atoms with Crippen molar-refractivity contribution in [2.75, 3.05) is 0 Å². The van der Waals surface area contributed by atoms with Crippen molar-refractivity contribution in [3.63, 3.8) is 0 Å². The molecule has 1 heterocycles. The third kappa shape index (κ3) is 2.90. The van der Waals surface area contributed by atoms with Crippen molar-refractivity contribution in [1.29, 1.82) is 0 Å². The zero-order valence-electron chi connectivity index (χ0n) is 11.8. The molecular weight excluding hydrogens is 309 g/mol. The second-order valence-corrected chi connectivity index (χ2v) is 5.00. The fraction of sp³-hybridized carbons (Fsp3) is 0.125. The van der Waals surface area contributed by atoms with Crippen LogP contribution in [0, 0.1) is 17.5 Å². The number of hydrogen-bond acceptors (Lipinski definition) is 2. The van der Waals surface area contributed by atoms with Crippen LogP contribution in [0.3, 0.4) is 0 Å². The van der Waals surface area contributed by atoms with Gasteiger partial charge in [-0.1, -0.05) is 12.1 Å². The van der Waals surface area contributed by atoms with Crippen LogP contribution in [0.1, 0.15) is 6.42 Å². The average molecular weight is 320 g/mol. The maximum absolute atomic E-state index is 13.5. The maximum atomic E-state index is 13.5. The second kappa shape index (κ2) is 5.75. The number of nitrogens with zero attached hydrogens (tertiary/aromatic N) is 2. The fourth-order valence-corrected chi connectivity index (χ4v) is 2.40. The Kier molecular flexibility index (Phi) is 3.77. The predicted molar refractivity (Wildman–Crippen MR) is 77.3 cm³/mol. The van der Waals surface area contributed by atoms with Gasteiger partial charge in [-0.05, 0) is 12.1 Å². The number of carboxylic acid groups (broad SMARTS) is 1. The van der Waals surface area contributed by atoms with Gasteiger partial charge in [-0.25, -0.2) is 18.2 Å². The number of fused-ring (bicyclic) bond motifs is 1. The molecule has 0 aliphatic carbocycles. The fourth-order valence-electron chi connectivity index (χ4n) is 2.40. The molecule has 0 bridgehead atoms. The van der Waals surface area contributed by atoms with E-state index in [0.29, 0.717) is 5.56 Å². The van der Waals surface area contributed by atoms with E-state index in [9.17, 15) is 18.0 Å². The average Bonchev–Trinajstić information content (AvgIpc) is 2.83. The van der Waals surface area contributed by atoms with E-state index in [2.05, 4.69) is 4.98 Å². The molecule has 0 aliphatic heterocycles. The van der Waals surface area contributed by atoms with E-state index >= 15 is 0 Å². The van der Waals surface area contributed by atoms with Gasteiger partial charge in [-0.2, -0.15) is 0 Å². The number of aliphatic carboxylic acids is 1. The van der Waals surface area contributed by atoms with Gasteiger partial charge in [0.1, 0.15) is 11.6 Å². The molecule has 4 nitrogen and oxygen atoms in total. The number of aromatic nitrogens is 2. The highest BCUT2D eigenvalue weighted by atomic mass is 19.2. The van der Waals surface area contributed by atoms with E-state index < -0.39 is 23.4 Å². The Morgan fingerprint density at radius 3 is 2.57 bits per heavy atom. The van der Waals surface area contributed by atoms with Crippen molar-refractivity contribution in [2.24, 2.45) is 0 Å². The third-order valence-corrected chi connectivity index (χ3v) is 3.42. The van der Waals surface area contributed by atoms with Crippen LogP contribution in [0.5, 0.6) is 0 Å². The number of benzene rings is 2. The van der Waals surface area contributed by atoms with Gasteiger partial charge in [-0.3, -0.25) is 4.79 Å². The monoisotopic (exact) mass is 320 g/mol. The van der Waals surface area contributed by atoms with E-state index in [4.69, 9.17) is 5.11 Å². The van der Waals surface area contributed by atoms with Crippen LogP contribution < -0.4 is 0 Å². The lowest BCUT2D eigenvalue weighted by Gasteiger charge is -2.08. The van der Waals surface area contributed by atoms with Gasteiger partial charge >= 0.3 is 5.97 Å². The molecule has 1 aromatic heterocycles. The summed E-state index contributed by atoms with van der Waals surface area (Å²) in [6, 6.07) is 7.45. The predicted octanol–water partition coefficient (Wildman–Crippen LogP) is 3.60. The molecule has 0 saturated carbocycles. The molecule has 0 saturated heterocycles. The first-order chi connectivity index (χ1) is 11.0. The largest absolute Gasteiger partial charge is 0.481 e. The Bertz CT molecular complexity index is 906. The zero-order valence-corrected chi connectivity index (χ0v) is 11.8. The topological polar surface area (TPSA) is 55.1 Å². The van der Waals surface area contributed by atoms with Crippen LogP contribution in [0.25, 0.3) is 22.4 Å². The SMILES string of the molecule is O=C(O)CCn1c(-c2cccc(F)c2)nc2cc(F)c(F)cc21. The molecule has 0 spiro atoms. The summed E-state index contributed by atoms with van der Waals surface area (Å²) < 4.78 is 41.8. The molecule has 118 valence electrons. The summed E-state index contributed by atoms with van der Waals surface area (Å²) in [4.78, 5) is 15.0. The maximum Gasteiger partial charge on any atom is 0.305 e. The van der Waals surface area contributed by atoms with E-state index in [1.54, 1.807) is 6.07 Å². The van der Waals surface area contributed by atoms with Crippen LogP contribution >= 0.6 is 0 Å². The van der Waals surface area contributed by atoms with E-state index in [1.807, 2.05) is 0 Å². The number of aryl methyl sites for hydroxylation is 1. The van der Waals surface area contributed by atoms with Gasteiger partial charge in [-0.15, -0.1) is 0 Å². The van der Waals surface area contributed by atoms with Gasteiger partial charge < -0.3 is 9.67 Å². The summed E-state index contributed by atoms with van der Waals surface area (Å²) in [5.74, 6) is -3.38. The lowest BCUT2D eigenvalue weighted by molar-refractivity contribution is -0.137. The lowest BCUT2D eigenvalue weighted by atomic mass is 10.2. The summed E-state index contributed by atoms with van der Waals surface area (Å²) in [6.07, 6.45) is -0.229. The van der Waals surface area contributed by atoms with E-state index in [-0.39, 0.29) is 29.8 Å². The lowest BCUT2D eigenvalue weighted by Crippen LogP contribution is -2.06. The number of carbonyl (C=O) groups is 1. The minimum absolute atomic E-state index is 0.00273. The van der Waals surface area contributed by atoms with Crippen LogP contribution in [-0.4, -0.2) is 20.6 Å². The molecule has 2 aromatic carbocycles. The first kappa shape index (κ1) is 15.1. The summed E-state index contributed by atoms with van der Waals surface area (Å²) in [6.45, 7) is 0.00273.